The molecule has 0 unspecified atom stereocenters. The molecule has 1 amide bonds. The van der Waals surface area contributed by atoms with Crippen LogP contribution in [0.5, 0.6) is 5.75 Å². The molecule has 0 radical (unpaired) electrons. The summed E-state index contributed by atoms with van der Waals surface area (Å²) in [6, 6.07) is 18.9. The van der Waals surface area contributed by atoms with Crippen LogP contribution in [0, 0.1) is 5.82 Å². The zero-order valence-corrected chi connectivity index (χ0v) is 21.8. The van der Waals surface area contributed by atoms with Gasteiger partial charge in [0.15, 0.2) is 5.82 Å². The highest BCUT2D eigenvalue weighted by atomic mass is 32.1. The maximum absolute atomic E-state index is 14.7. The summed E-state index contributed by atoms with van der Waals surface area (Å²) in [6.07, 6.45) is 1.14. The number of ether oxygens (including phenoxy) is 2. The number of halogens is 1. The second-order valence-corrected chi connectivity index (χ2v) is 9.89. The molecule has 2 N–H and O–H groups in total. The number of morpholine rings is 1. The van der Waals surface area contributed by atoms with Crippen molar-refractivity contribution in [3.63, 3.8) is 0 Å². The molecule has 0 aliphatic carbocycles. The normalized spacial score (nSPS) is 13.7. The second kappa shape index (κ2) is 12.1. The maximum atomic E-state index is 14.7. The van der Waals surface area contributed by atoms with Crippen molar-refractivity contribution < 1.29 is 18.7 Å². The first-order valence-corrected chi connectivity index (χ1v) is 13.1. The lowest BCUT2D eigenvalue weighted by Crippen LogP contribution is -2.35. The number of anilines is 2. The van der Waals surface area contributed by atoms with Crippen LogP contribution in [-0.2, 0) is 17.8 Å². The lowest BCUT2D eigenvalue weighted by atomic mass is 10.2. The lowest BCUT2D eigenvalue weighted by molar-refractivity contribution is 0.0342. The van der Waals surface area contributed by atoms with E-state index in [1.165, 1.54) is 11.3 Å². The fourth-order valence-electron chi connectivity index (χ4n) is 4.13. The van der Waals surface area contributed by atoms with E-state index in [-0.39, 0.29) is 17.5 Å². The third-order valence-electron chi connectivity index (χ3n) is 6.09. The van der Waals surface area contributed by atoms with E-state index in [1.54, 1.807) is 19.2 Å². The number of thiophene rings is 1. The predicted octanol–water partition coefficient (Wildman–Crippen LogP) is 4.86. The third-order valence-corrected chi connectivity index (χ3v) is 7.18. The van der Waals surface area contributed by atoms with Crippen LogP contribution in [0.15, 0.2) is 66.9 Å². The summed E-state index contributed by atoms with van der Waals surface area (Å²) in [5, 5.41) is 6.07. The number of amides is 1. The Morgan fingerprint density at radius 1 is 1.11 bits per heavy atom. The molecule has 2 aromatic heterocycles. The van der Waals surface area contributed by atoms with E-state index in [1.807, 2.05) is 42.5 Å². The van der Waals surface area contributed by atoms with Gasteiger partial charge in [-0.2, -0.15) is 0 Å². The summed E-state index contributed by atoms with van der Waals surface area (Å²) in [5.41, 5.74) is 3.03. The molecule has 5 rings (SSSR count). The maximum Gasteiger partial charge on any atom is 0.261 e. The third kappa shape index (κ3) is 6.52. The van der Waals surface area contributed by atoms with Gasteiger partial charge in [-0.15, -0.1) is 11.3 Å². The van der Waals surface area contributed by atoms with E-state index in [0.717, 1.165) is 61.6 Å². The van der Waals surface area contributed by atoms with E-state index in [9.17, 15) is 9.18 Å². The van der Waals surface area contributed by atoms with Gasteiger partial charge in [-0.05, 0) is 47.5 Å². The number of rotatable bonds is 9. The largest absolute Gasteiger partial charge is 0.497 e. The number of carbonyl (C=O) groups is 1. The Labute approximate surface area is 224 Å². The summed E-state index contributed by atoms with van der Waals surface area (Å²) in [6.45, 7) is 4.49. The van der Waals surface area contributed by atoms with Crippen molar-refractivity contribution in [1.29, 1.82) is 0 Å². The zero-order chi connectivity index (χ0) is 26.3. The minimum absolute atomic E-state index is 0.142. The van der Waals surface area contributed by atoms with Crippen molar-refractivity contribution in [3.05, 3.63) is 88.7 Å². The fraction of sp³-hybridized carbons (Fsp3) is 0.250. The van der Waals surface area contributed by atoms with Crippen LogP contribution in [0.4, 0.5) is 16.0 Å². The van der Waals surface area contributed by atoms with Crippen LogP contribution >= 0.6 is 11.3 Å². The van der Waals surface area contributed by atoms with Gasteiger partial charge in [0.2, 0.25) is 5.95 Å². The average molecular weight is 534 g/mol. The smallest absolute Gasteiger partial charge is 0.261 e. The predicted molar refractivity (Wildman–Crippen MR) is 145 cm³/mol. The number of aromatic nitrogens is 2. The Balaban J connectivity index is 1.25. The van der Waals surface area contributed by atoms with E-state index < -0.39 is 5.82 Å². The standard InChI is InChI=1S/C28H28FN5O3S/c1-36-22-7-3-4-19(15-22)16-30-27(35)25-9-8-24(38-25)26-23(29)17-31-28(33-26)32-21-6-2-5-20(14-21)18-34-10-12-37-13-11-34/h2-9,14-15,17H,10-13,16,18H2,1H3,(H,30,35)(H,31,32,33). The van der Waals surface area contributed by atoms with Gasteiger partial charge in [0.1, 0.15) is 11.4 Å². The fourth-order valence-corrected chi connectivity index (χ4v) is 5.05. The Morgan fingerprint density at radius 2 is 1.92 bits per heavy atom. The van der Waals surface area contributed by atoms with Gasteiger partial charge in [0.05, 0.1) is 36.3 Å². The SMILES string of the molecule is COc1cccc(CNC(=O)c2ccc(-c3nc(Nc4cccc(CN5CCOCC5)c4)ncc3F)s2)c1. The molecule has 4 aromatic rings. The summed E-state index contributed by atoms with van der Waals surface area (Å²) >= 11 is 1.18. The van der Waals surface area contributed by atoms with E-state index in [0.29, 0.717) is 16.3 Å². The van der Waals surface area contributed by atoms with Gasteiger partial charge in [-0.3, -0.25) is 9.69 Å². The Kier molecular flexibility index (Phi) is 8.22. The minimum Gasteiger partial charge on any atom is -0.497 e. The first-order chi connectivity index (χ1) is 18.6. The molecule has 0 atom stereocenters. The summed E-state index contributed by atoms with van der Waals surface area (Å²) < 4.78 is 25.3. The van der Waals surface area contributed by atoms with Crippen LogP contribution < -0.4 is 15.4 Å². The molecule has 1 aliphatic heterocycles. The summed E-state index contributed by atoms with van der Waals surface area (Å²) in [4.78, 5) is 24.6. The van der Waals surface area contributed by atoms with Crippen molar-refractivity contribution in [2.45, 2.75) is 13.1 Å². The molecule has 0 spiro atoms. The van der Waals surface area contributed by atoms with Gasteiger partial charge in [0.25, 0.3) is 5.91 Å². The van der Waals surface area contributed by atoms with E-state index >= 15 is 0 Å². The van der Waals surface area contributed by atoms with Crippen LogP contribution in [-0.4, -0.2) is 54.2 Å². The highest BCUT2D eigenvalue weighted by molar-refractivity contribution is 7.17. The van der Waals surface area contributed by atoms with Crippen LogP contribution in [0.25, 0.3) is 10.6 Å². The number of nitrogens with zero attached hydrogens (tertiary/aromatic N) is 3. The molecule has 38 heavy (non-hydrogen) atoms. The monoisotopic (exact) mass is 533 g/mol. The van der Waals surface area contributed by atoms with Crippen molar-refractivity contribution in [2.75, 3.05) is 38.7 Å². The van der Waals surface area contributed by atoms with Gasteiger partial charge < -0.3 is 20.1 Å². The number of nitrogens with one attached hydrogen (secondary N) is 2. The average Bonchev–Trinajstić information content (AvgIpc) is 3.44. The first kappa shape index (κ1) is 25.8. The second-order valence-electron chi connectivity index (χ2n) is 8.80. The number of hydrogen-bond acceptors (Lipinski definition) is 8. The Bertz CT molecular complexity index is 1410. The molecule has 1 fully saturated rings. The van der Waals surface area contributed by atoms with Gasteiger partial charge >= 0.3 is 0 Å². The van der Waals surface area contributed by atoms with Crippen molar-refractivity contribution in [1.82, 2.24) is 20.2 Å². The molecule has 1 aliphatic rings. The van der Waals surface area contributed by atoms with Crippen LogP contribution in [0.1, 0.15) is 20.8 Å². The Morgan fingerprint density at radius 3 is 2.76 bits per heavy atom. The molecule has 0 saturated carbocycles. The molecule has 2 aromatic carbocycles. The highest BCUT2D eigenvalue weighted by Gasteiger charge is 2.16. The van der Waals surface area contributed by atoms with E-state index in [4.69, 9.17) is 9.47 Å². The molecular formula is C28H28FN5O3S. The van der Waals surface area contributed by atoms with E-state index in [2.05, 4.69) is 31.6 Å². The molecule has 8 nitrogen and oxygen atoms in total. The van der Waals surface area contributed by atoms with Gasteiger partial charge in [0, 0.05) is 31.9 Å². The van der Waals surface area contributed by atoms with Crippen LogP contribution in [0.3, 0.4) is 0 Å². The van der Waals surface area contributed by atoms with Crippen molar-refractivity contribution in [3.8, 4) is 16.3 Å². The molecule has 1 saturated heterocycles. The van der Waals surface area contributed by atoms with Crippen LogP contribution in [0.2, 0.25) is 0 Å². The topological polar surface area (TPSA) is 88.6 Å². The van der Waals surface area contributed by atoms with Gasteiger partial charge in [-0.1, -0.05) is 24.3 Å². The minimum atomic E-state index is -0.554. The lowest BCUT2D eigenvalue weighted by Gasteiger charge is -2.26. The molecule has 10 heteroatoms. The quantitative estimate of drug-likeness (QED) is 0.318. The van der Waals surface area contributed by atoms with Crippen molar-refractivity contribution in [2.24, 2.45) is 0 Å². The summed E-state index contributed by atoms with van der Waals surface area (Å²) in [7, 11) is 1.60. The highest BCUT2D eigenvalue weighted by Crippen LogP contribution is 2.30. The number of benzene rings is 2. The van der Waals surface area contributed by atoms with Crippen molar-refractivity contribution >= 4 is 28.9 Å². The first-order valence-electron chi connectivity index (χ1n) is 12.3. The number of carbonyl (C=O) groups excluding carboxylic acids is 1. The molecular weight excluding hydrogens is 505 g/mol. The molecule has 3 heterocycles. The number of hydrogen-bond donors (Lipinski definition) is 2. The zero-order valence-electron chi connectivity index (χ0n) is 20.9. The Hall–Kier alpha value is -3.86. The summed E-state index contributed by atoms with van der Waals surface area (Å²) in [5.74, 6) is 0.209. The molecule has 196 valence electrons. The molecule has 0 bridgehead atoms. The van der Waals surface area contributed by atoms with Gasteiger partial charge in [-0.25, -0.2) is 14.4 Å². The number of methoxy groups -OCH3 is 1.